The Balaban J connectivity index is 0. The van der Waals surface area contributed by atoms with E-state index in [-0.39, 0.29) is 6.61 Å². The summed E-state index contributed by atoms with van der Waals surface area (Å²) < 4.78 is 0. The lowest BCUT2D eigenvalue weighted by Crippen LogP contribution is -2.41. The predicted molar refractivity (Wildman–Crippen MR) is 51.0 cm³/mol. The molecule has 0 bridgehead atoms. The van der Waals surface area contributed by atoms with Crippen LogP contribution < -0.4 is 0 Å². The zero-order valence-corrected chi connectivity index (χ0v) is 8.56. The van der Waals surface area contributed by atoms with Crippen molar-refractivity contribution in [2.24, 2.45) is 0 Å². The number of hydrogen-bond acceptors (Lipinski definition) is 7. The molecule has 0 radical (unpaired) electrons. The Morgan fingerprint density at radius 3 is 1.13 bits per heavy atom. The van der Waals surface area contributed by atoms with Crippen molar-refractivity contribution >= 4 is 0 Å². The summed E-state index contributed by atoms with van der Waals surface area (Å²) >= 11 is 0. The molecule has 0 aromatic rings. The maximum Gasteiger partial charge on any atom is 0.110 e. The second-order valence-corrected chi connectivity index (χ2v) is 3.02. The Kier molecular flexibility index (Phi) is 11.7. The van der Waals surface area contributed by atoms with Gasteiger partial charge in [0.25, 0.3) is 0 Å². The molecule has 0 fully saturated rings. The first-order valence-corrected chi connectivity index (χ1v) is 4.45. The highest BCUT2D eigenvalue weighted by Gasteiger charge is 2.22. The molecule has 94 valence electrons. The zero-order valence-electron chi connectivity index (χ0n) is 8.56. The van der Waals surface area contributed by atoms with Crippen molar-refractivity contribution in [2.45, 2.75) is 31.3 Å². The van der Waals surface area contributed by atoms with Crippen LogP contribution in [0.15, 0.2) is 0 Å². The van der Waals surface area contributed by atoms with Gasteiger partial charge in [-0.2, -0.15) is 0 Å². The van der Waals surface area contributed by atoms with Crippen LogP contribution >= 0.6 is 0 Å². The van der Waals surface area contributed by atoms with Crippen molar-refractivity contribution in [1.82, 2.24) is 0 Å². The van der Waals surface area contributed by atoms with Gasteiger partial charge < -0.3 is 35.7 Å². The van der Waals surface area contributed by atoms with E-state index in [9.17, 15) is 0 Å². The van der Waals surface area contributed by atoms with Gasteiger partial charge in [-0.1, -0.05) is 0 Å². The van der Waals surface area contributed by atoms with E-state index in [1.807, 2.05) is 0 Å². The fraction of sp³-hybridized carbons (Fsp3) is 1.00. The first-order valence-electron chi connectivity index (χ1n) is 4.45. The molecule has 0 aliphatic heterocycles. The lowest BCUT2D eigenvalue weighted by atomic mass is 10.1. The fourth-order valence-electron chi connectivity index (χ4n) is 0.472. The van der Waals surface area contributed by atoms with Gasteiger partial charge in [-0.25, -0.2) is 0 Å². The third kappa shape index (κ3) is 10.0. The van der Waals surface area contributed by atoms with Crippen molar-refractivity contribution in [3.63, 3.8) is 0 Å². The third-order valence-electron chi connectivity index (χ3n) is 1.43. The van der Waals surface area contributed by atoms with Crippen LogP contribution in [-0.2, 0) is 0 Å². The molecule has 2 unspecified atom stereocenters. The van der Waals surface area contributed by atoms with Crippen LogP contribution in [0.2, 0.25) is 0 Å². The lowest BCUT2D eigenvalue weighted by molar-refractivity contribution is -0.0900. The summed E-state index contributed by atoms with van der Waals surface area (Å²) in [5.41, 5.74) is 0. The van der Waals surface area contributed by atoms with Gasteiger partial charge in [0.05, 0.1) is 25.9 Å². The Morgan fingerprint density at radius 2 is 1.00 bits per heavy atom. The molecule has 4 atom stereocenters. The minimum Gasteiger partial charge on any atom is -0.394 e. The maximum absolute atomic E-state index is 8.77. The van der Waals surface area contributed by atoms with Gasteiger partial charge in [0.15, 0.2) is 0 Å². The van der Waals surface area contributed by atoms with E-state index in [1.54, 1.807) is 0 Å². The summed E-state index contributed by atoms with van der Waals surface area (Å²) in [6.45, 7) is 0.108. The fourth-order valence-corrected chi connectivity index (χ4v) is 0.472. The van der Waals surface area contributed by atoms with E-state index in [2.05, 4.69) is 0 Å². The number of hydrogen-bond donors (Lipinski definition) is 7. The Hall–Kier alpha value is -0.280. The smallest absolute Gasteiger partial charge is 0.110 e. The molecule has 0 aliphatic rings. The maximum atomic E-state index is 8.77. The van der Waals surface area contributed by atoms with Gasteiger partial charge in [0.1, 0.15) is 18.3 Å². The molecule has 0 aromatic carbocycles. The monoisotopic (exact) mass is 228 g/mol. The van der Waals surface area contributed by atoms with E-state index in [0.29, 0.717) is 0 Å². The molecule has 0 saturated heterocycles. The van der Waals surface area contributed by atoms with Crippen molar-refractivity contribution in [1.29, 1.82) is 0 Å². The highest BCUT2D eigenvalue weighted by Crippen LogP contribution is 1.97. The molecular weight excluding hydrogens is 208 g/mol. The molecule has 7 heteroatoms. The van der Waals surface area contributed by atoms with Gasteiger partial charge in [-0.05, 0) is 6.92 Å². The first-order chi connectivity index (χ1) is 6.90. The normalized spacial score (nSPS) is 18.4. The van der Waals surface area contributed by atoms with Crippen LogP contribution in [0.4, 0.5) is 0 Å². The molecule has 0 aromatic heterocycles. The lowest BCUT2D eigenvalue weighted by Gasteiger charge is -2.19. The van der Waals surface area contributed by atoms with Crippen LogP contribution in [0.3, 0.4) is 0 Å². The predicted octanol–water partition coefficient (Wildman–Crippen LogP) is -3.59. The zero-order chi connectivity index (χ0) is 12.4. The summed E-state index contributed by atoms with van der Waals surface area (Å²) in [5, 5.41) is 58.6. The quantitative estimate of drug-likeness (QED) is 0.258. The van der Waals surface area contributed by atoms with Gasteiger partial charge in [-0.15, -0.1) is 0 Å². The van der Waals surface area contributed by atoms with Gasteiger partial charge in [0.2, 0.25) is 0 Å². The van der Waals surface area contributed by atoms with Crippen LogP contribution in [0, 0.1) is 0 Å². The average molecular weight is 228 g/mol. The van der Waals surface area contributed by atoms with Crippen LogP contribution in [0.25, 0.3) is 0 Å². The summed E-state index contributed by atoms with van der Waals surface area (Å²) in [6, 6.07) is 0. The Labute approximate surface area is 87.9 Å². The third-order valence-corrected chi connectivity index (χ3v) is 1.43. The minimum atomic E-state index is -1.49. The second-order valence-electron chi connectivity index (χ2n) is 3.02. The van der Waals surface area contributed by atoms with Crippen LogP contribution in [0.1, 0.15) is 6.92 Å². The molecule has 0 amide bonds. The minimum absolute atomic E-state index is 0.139. The van der Waals surface area contributed by atoms with Crippen molar-refractivity contribution in [2.75, 3.05) is 19.8 Å². The van der Waals surface area contributed by atoms with E-state index in [1.165, 1.54) is 6.92 Å². The SMILES string of the molecule is CC(O)CO.OC[C@@H](O)C(O)[C@@H](O)CO. The molecule has 0 saturated carbocycles. The van der Waals surface area contributed by atoms with Crippen LogP contribution in [-0.4, -0.2) is 80.0 Å². The number of aliphatic hydroxyl groups excluding tert-OH is 7. The summed E-state index contributed by atoms with van der Waals surface area (Å²) in [7, 11) is 0. The van der Waals surface area contributed by atoms with Crippen LogP contribution in [0.5, 0.6) is 0 Å². The highest BCUT2D eigenvalue weighted by molar-refractivity contribution is 4.73. The molecule has 0 heterocycles. The number of rotatable bonds is 5. The first kappa shape index (κ1) is 17.1. The number of aliphatic hydroxyl groups is 7. The highest BCUT2D eigenvalue weighted by atomic mass is 16.4. The summed E-state index contributed by atoms with van der Waals surface area (Å²) in [5.74, 6) is 0. The topological polar surface area (TPSA) is 142 Å². The van der Waals surface area contributed by atoms with Gasteiger partial charge in [-0.3, -0.25) is 0 Å². The van der Waals surface area contributed by atoms with E-state index in [4.69, 9.17) is 35.7 Å². The van der Waals surface area contributed by atoms with E-state index < -0.39 is 37.6 Å². The van der Waals surface area contributed by atoms with Gasteiger partial charge in [0, 0.05) is 0 Å². The van der Waals surface area contributed by atoms with Crippen molar-refractivity contribution in [3.8, 4) is 0 Å². The molecule has 7 nitrogen and oxygen atoms in total. The average Bonchev–Trinajstić information content (AvgIpc) is 2.26. The molecule has 0 spiro atoms. The largest absolute Gasteiger partial charge is 0.394 e. The van der Waals surface area contributed by atoms with Crippen molar-refractivity contribution < 1.29 is 35.7 Å². The van der Waals surface area contributed by atoms with E-state index in [0.717, 1.165) is 0 Å². The summed E-state index contributed by atoms with van der Waals surface area (Å²) in [4.78, 5) is 0. The van der Waals surface area contributed by atoms with E-state index >= 15 is 0 Å². The standard InChI is InChI=1S/C5H12O5.C3H8O2/c6-1-3(8)5(10)4(9)2-7;1-3(5)2-4/h3-10H,1-2H2;3-5H,2H2,1H3/t3-,4+,5?;. The Bertz CT molecular complexity index is 120. The molecule has 0 rings (SSSR count). The van der Waals surface area contributed by atoms with Gasteiger partial charge >= 0.3 is 0 Å². The molecule has 7 N–H and O–H groups in total. The molecule has 0 aliphatic carbocycles. The second kappa shape index (κ2) is 10.2. The molecular formula is C8H20O7. The summed E-state index contributed by atoms with van der Waals surface area (Å²) in [6.07, 6.45) is -4.85. The Morgan fingerprint density at radius 1 is 0.733 bits per heavy atom. The molecule has 15 heavy (non-hydrogen) atoms. The van der Waals surface area contributed by atoms with Crippen molar-refractivity contribution in [3.05, 3.63) is 0 Å².